The fourth-order valence-electron chi connectivity index (χ4n) is 7.14. The van der Waals surface area contributed by atoms with E-state index in [0.717, 1.165) is 54.0 Å². The van der Waals surface area contributed by atoms with Crippen LogP contribution in [0.1, 0.15) is 80.0 Å². The summed E-state index contributed by atoms with van der Waals surface area (Å²) in [5, 5.41) is 14.4. The Bertz CT molecular complexity index is 885. The van der Waals surface area contributed by atoms with Crippen molar-refractivity contribution in [2.45, 2.75) is 78.1 Å². The van der Waals surface area contributed by atoms with Crippen molar-refractivity contribution in [2.75, 3.05) is 0 Å². The van der Waals surface area contributed by atoms with Gasteiger partial charge in [0.1, 0.15) is 11.5 Å². The number of phenolic OH excluding ortho intramolecular Hbond substituents is 1. The minimum atomic E-state index is 0.434. The molecule has 3 heteroatoms. The molecule has 0 amide bonds. The maximum Gasteiger partial charge on any atom is 0.137 e. The number of phenols is 1. The molecule has 1 aromatic carbocycles. The molecule has 28 heavy (non-hydrogen) atoms. The summed E-state index contributed by atoms with van der Waals surface area (Å²) in [6.45, 7) is 6.73. The Morgan fingerprint density at radius 2 is 2.04 bits per heavy atom. The number of hydrogen-bond donors (Lipinski definition) is 1. The average Bonchev–Trinajstić information content (AvgIpc) is 3.24. The Morgan fingerprint density at radius 3 is 2.79 bits per heavy atom. The Labute approximate surface area is 168 Å². The molecule has 1 aromatic heterocycles. The van der Waals surface area contributed by atoms with Crippen LogP contribution in [-0.2, 0) is 19.3 Å². The van der Waals surface area contributed by atoms with Crippen LogP contribution in [0, 0.1) is 30.1 Å². The quantitative estimate of drug-likeness (QED) is 0.715. The zero-order valence-electron chi connectivity index (χ0n) is 17.5. The number of aryl methyl sites for hydroxylation is 3. The molecule has 0 saturated heterocycles. The van der Waals surface area contributed by atoms with Crippen LogP contribution < -0.4 is 0 Å². The first-order chi connectivity index (χ1) is 13.5. The normalized spacial score (nSPS) is 34.0. The van der Waals surface area contributed by atoms with E-state index < -0.39 is 0 Å². The molecule has 2 aromatic rings. The van der Waals surface area contributed by atoms with Gasteiger partial charge in [-0.1, -0.05) is 25.1 Å². The first kappa shape index (κ1) is 18.3. The molecule has 1 N–H and O–H groups in total. The van der Waals surface area contributed by atoms with E-state index in [1.165, 1.54) is 37.7 Å². The van der Waals surface area contributed by atoms with E-state index in [1.54, 1.807) is 5.56 Å². The maximum atomic E-state index is 10.3. The molecule has 150 valence electrons. The van der Waals surface area contributed by atoms with Crippen molar-refractivity contribution in [1.82, 2.24) is 5.16 Å². The van der Waals surface area contributed by atoms with E-state index >= 15 is 0 Å². The third-order valence-electron chi connectivity index (χ3n) is 8.63. The van der Waals surface area contributed by atoms with Gasteiger partial charge in [-0.3, -0.25) is 0 Å². The van der Waals surface area contributed by atoms with Gasteiger partial charge in [-0.05, 0) is 104 Å². The van der Waals surface area contributed by atoms with Crippen LogP contribution in [0.3, 0.4) is 0 Å². The molecular weight excluding hydrogens is 346 g/mol. The molecule has 0 aliphatic heterocycles. The van der Waals surface area contributed by atoms with Crippen LogP contribution in [0.2, 0.25) is 0 Å². The molecular formula is C25H33NO2. The third-order valence-corrected chi connectivity index (χ3v) is 8.63. The molecule has 5 atom stereocenters. The highest BCUT2D eigenvalue weighted by Crippen LogP contribution is 2.63. The molecule has 2 fully saturated rings. The molecule has 3 aliphatic carbocycles. The molecule has 3 aliphatic rings. The van der Waals surface area contributed by atoms with E-state index in [9.17, 15) is 5.11 Å². The van der Waals surface area contributed by atoms with Crippen LogP contribution in [0.5, 0.6) is 5.75 Å². The van der Waals surface area contributed by atoms with E-state index in [-0.39, 0.29) is 0 Å². The molecule has 0 radical (unpaired) electrons. The van der Waals surface area contributed by atoms with Crippen molar-refractivity contribution in [3.63, 3.8) is 0 Å². The van der Waals surface area contributed by atoms with Gasteiger partial charge in [-0.15, -0.1) is 0 Å². The number of rotatable bonds is 3. The number of hydrogen-bond acceptors (Lipinski definition) is 3. The number of aromatic hydroxyl groups is 1. The maximum absolute atomic E-state index is 10.3. The first-order valence-corrected chi connectivity index (χ1v) is 11.3. The summed E-state index contributed by atoms with van der Waals surface area (Å²) >= 11 is 0. The van der Waals surface area contributed by atoms with Crippen LogP contribution in [0.25, 0.3) is 0 Å². The Morgan fingerprint density at radius 1 is 1.18 bits per heavy atom. The molecule has 0 unspecified atom stereocenters. The van der Waals surface area contributed by atoms with Gasteiger partial charge < -0.3 is 9.63 Å². The second-order valence-electron chi connectivity index (χ2n) is 9.91. The number of aromatic nitrogens is 1. The highest BCUT2D eigenvalue weighted by molar-refractivity contribution is 5.45. The lowest BCUT2D eigenvalue weighted by Gasteiger charge is -2.51. The van der Waals surface area contributed by atoms with Gasteiger partial charge in [0.15, 0.2) is 0 Å². The van der Waals surface area contributed by atoms with Gasteiger partial charge in [0, 0.05) is 12.5 Å². The van der Waals surface area contributed by atoms with Gasteiger partial charge in [-0.25, -0.2) is 0 Å². The summed E-state index contributed by atoms with van der Waals surface area (Å²) in [4.78, 5) is 0. The monoisotopic (exact) mass is 379 g/mol. The predicted molar refractivity (Wildman–Crippen MR) is 111 cm³/mol. The van der Waals surface area contributed by atoms with Crippen molar-refractivity contribution in [3.8, 4) is 5.75 Å². The lowest BCUT2D eigenvalue weighted by atomic mass is 9.54. The largest absolute Gasteiger partial charge is 0.508 e. The van der Waals surface area contributed by atoms with Crippen LogP contribution in [0.15, 0.2) is 22.7 Å². The number of nitrogens with zero attached hydrogens (tertiary/aromatic N) is 1. The lowest BCUT2D eigenvalue weighted by Crippen LogP contribution is -2.42. The Kier molecular flexibility index (Phi) is 4.33. The van der Waals surface area contributed by atoms with E-state index in [4.69, 9.17) is 4.52 Å². The van der Waals surface area contributed by atoms with Crippen molar-refractivity contribution >= 4 is 0 Å². The summed E-state index contributed by atoms with van der Waals surface area (Å²) in [6, 6.07) is 6.54. The fourth-order valence-corrected chi connectivity index (χ4v) is 7.14. The van der Waals surface area contributed by atoms with Gasteiger partial charge in [0.2, 0.25) is 0 Å². The molecule has 3 nitrogen and oxygen atoms in total. The van der Waals surface area contributed by atoms with E-state index in [0.29, 0.717) is 17.1 Å². The summed E-state index contributed by atoms with van der Waals surface area (Å²) in [5.74, 6) is 4.62. The topological polar surface area (TPSA) is 46.3 Å². The minimum Gasteiger partial charge on any atom is -0.508 e. The zero-order valence-corrected chi connectivity index (χ0v) is 17.5. The molecule has 0 spiro atoms. The number of benzene rings is 1. The third kappa shape index (κ3) is 2.73. The smallest absolute Gasteiger partial charge is 0.137 e. The predicted octanol–water partition coefficient (Wildman–Crippen LogP) is 5.97. The van der Waals surface area contributed by atoms with Crippen LogP contribution >= 0.6 is 0 Å². The average molecular weight is 380 g/mol. The van der Waals surface area contributed by atoms with Crippen molar-refractivity contribution in [3.05, 3.63) is 46.3 Å². The molecule has 0 bridgehead atoms. The summed E-state index contributed by atoms with van der Waals surface area (Å²) in [5.41, 5.74) is 5.52. The standard InChI is InChI=1S/C25H33NO2/c1-4-16-12-22-17(13-24(16)27)5-7-21-20(22)9-10-25(3)18(6-8-23(21)25)14-19-11-15(2)26-28-19/h11-13,18,20-21,23,27H,4-10,14H2,1-3H3/t18-,20+,21-,23+,25-/m1/s1. The summed E-state index contributed by atoms with van der Waals surface area (Å²) < 4.78 is 5.57. The summed E-state index contributed by atoms with van der Waals surface area (Å²) in [7, 11) is 0. The Hall–Kier alpha value is -1.77. The SMILES string of the molecule is CCc1cc2c(cc1O)CC[C@@H]1[C@@H]2CC[C@]2(C)[C@@H](Cc3cc(C)no3)CC[C@@H]12. The van der Waals surface area contributed by atoms with E-state index in [1.807, 2.05) is 6.92 Å². The number of fused-ring (bicyclic) bond motifs is 5. The zero-order chi connectivity index (χ0) is 19.5. The van der Waals surface area contributed by atoms with Crippen LogP contribution in [0.4, 0.5) is 0 Å². The highest BCUT2D eigenvalue weighted by atomic mass is 16.5. The lowest BCUT2D eigenvalue weighted by molar-refractivity contribution is 0.0267. The highest BCUT2D eigenvalue weighted by Gasteiger charge is 2.54. The van der Waals surface area contributed by atoms with Crippen LogP contribution in [-0.4, -0.2) is 10.3 Å². The Balaban J connectivity index is 1.42. The molecule has 5 rings (SSSR count). The fraction of sp³-hybridized carbons (Fsp3) is 0.640. The minimum absolute atomic E-state index is 0.434. The van der Waals surface area contributed by atoms with Crippen molar-refractivity contribution in [1.29, 1.82) is 0 Å². The van der Waals surface area contributed by atoms with E-state index in [2.05, 4.69) is 37.2 Å². The summed E-state index contributed by atoms with van der Waals surface area (Å²) in [6.07, 6.45) is 9.69. The van der Waals surface area contributed by atoms with Gasteiger partial charge >= 0.3 is 0 Å². The first-order valence-electron chi connectivity index (χ1n) is 11.3. The van der Waals surface area contributed by atoms with Crippen molar-refractivity contribution in [2.24, 2.45) is 23.2 Å². The van der Waals surface area contributed by atoms with Gasteiger partial charge in [0.25, 0.3) is 0 Å². The van der Waals surface area contributed by atoms with Crippen molar-refractivity contribution < 1.29 is 9.63 Å². The van der Waals surface area contributed by atoms with Gasteiger partial charge in [0.05, 0.1) is 5.69 Å². The molecule has 2 saturated carbocycles. The van der Waals surface area contributed by atoms with Gasteiger partial charge in [-0.2, -0.15) is 0 Å². The molecule has 1 heterocycles. The second kappa shape index (κ2) is 6.64. The second-order valence-corrected chi connectivity index (χ2v) is 9.91.